The maximum Gasteiger partial charge on any atom is 0.245 e. The third kappa shape index (κ3) is 3.01. The van der Waals surface area contributed by atoms with Gasteiger partial charge < -0.3 is 20.7 Å². The number of hydrogen-bond acceptors (Lipinski definition) is 4. The van der Waals surface area contributed by atoms with Crippen molar-refractivity contribution in [3.05, 3.63) is 21.8 Å². The van der Waals surface area contributed by atoms with Crippen LogP contribution < -0.4 is 16.0 Å². The largest absolute Gasteiger partial charge is 0.399 e. The number of ether oxygens (including phenoxy) is 1. The first kappa shape index (κ1) is 13.9. The van der Waals surface area contributed by atoms with Crippen LogP contribution in [-0.2, 0) is 9.53 Å². The van der Waals surface area contributed by atoms with Crippen LogP contribution in [0.5, 0.6) is 0 Å². The Morgan fingerprint density at radius 2 is 2.25 bits per heavy atom. The van der Waals surface area contributed by atoms with Crippen LogP contribution in [0.4, 0.5) is 11.4 Å². The summed E-state index contributed by atoms with van der Waals surface area (Å²) in [5, 5.41) is 3.07. The topological polar surface area (TPSA) is 67.6 Å². The molecule has 1 saturated carbocycles. The molecule has 108 valence electrons. The summed E-state index contributed by atoms with van der Waals surface area (Å²) in [6.07, 6.45) is 2.19. The van der Waals surface area contributed by atoms with Crippen molar-refractivity contribution < 1.29 is 9.53 Å². The summed E-state index contributed by atoms with van der Waals surface area (Å²) < 4.78 is 6.55. The molecule has 0 bridgehead atoms. The molecule has 3 rings (SSSR count). The molecule has 3 N–H and O–H groups in total. The number of carbonyl (C=O) groups excluding carboxylic acids is 1. The van der Waals surface area contributed by atoms with E-state index in [1.165, 1.54) is 0 Å². The standard InChI is InChI=1S/C14H18IN3O2/c15-11-7-9(16)1-4-12(11)18-5-6-20-8-13(18)14(19)17-10-2-3-10/h1,4,7,10,13H,2-3,5-6,8,16H2,(H,17,19). The Morgan fingerprint density at radius 3 is 2.95 bits per heavy atom. The van der Waals surface area contributed by atoms with Crippen molar-refractivity contribution >= 4 is 39.9 Å². The van der Waals surface area contributed by atoms with Gasteiger partial charge in [0.2, 0.25) is 5.91 Å². The number of carbonyl (C=O) groups is 1. The highest BCUT2D eigenvalue weighted by molar-refractivity contribution is 14.1. The van der Waals surface area contributed by atoms with Crippen LogP contribution in [0, 0.1) is 3.57 Å². The Morgan fingerprint density at radius 1 is 1.45 bits per heavy atom. The molecule has 1 aromatic carbocycles. The number of hydrogen-bond donors (Lipinski definition) is 2. The minimum atomic E-state index is -0.249. The minimum Gasteiger partial charge on any atom is -0.399 e. The van der Waals surface area contributed by atoms with E-state index in [9.17, 15) is 4.79 Å². The van der Waals surface area contributed by atoms with Crippen molar-refractivity contribution in [1.82, 2.24) is 5.32 Å². The molecule has 1 saturated heterocycles. The third-order valence-electron chi connectivity index (χ3n) is 3.64. The first-order chi connectivity index (χ1) is 9.65. The molecule has 1 atom stereocenters. The number of halogens is 1. The van der Waals surface area contributed by atoms with Crippen molar-refractivity contribution in [1.29, 1.82) is 0 Å². The highest BCUT2D eigenvalue weighted by Gasteiger charge is 2.33. The van der Waals surface area contributed by atoms with E-state index < -0.39 is 0 Å². The lowest BCUT2D eigenvalue weighted by atomic mass is 10.1. The van der Waals surface area contributed by atoms with Crippen LogP contribution in [-0.4, -0.2) is 37.7 Å². The van der Waals surface area contributed by atoms with E-state index in [0.29, 0.717) is 19.3 Å². The average Bonchev–Trinajstić information content (AvgIpc) is 3.23. The molecule has 2 aliphatic rings. The van der Waals surface area contributed by atoms with Gasteiger partial charge in [0.25, 0.3) is 0 Å². The van der Waals surface area contributed by atoms with E-state index in [-0.39, 0.29) is 11.9 Å². The molecule has 1 aliphatic carbocycles. The van der Waals surface area contributed by atoms with Gasteiger partial charge in [0.05, 0.1) is 18.9 Å². The number of nitrogens with zero attached hydrogens (tertiary/aromatic N) is 1. The van der Waals surface area contributed by atoms with Crippen molar-refractivity contribution in [2.45, 2.75) is 24.9 Å². The van der Waals surface area contributed by atoms with E-state index in [0.717, 1.165) is 34.3 Å². The number of morpholine rings is 1. The quantitative estimate of drug-likeness (QED) is 0.607. The highest BCUT2D eigenvalue weighted by Crippen LogP contribution is 2.28. The Hall–Kier alpha value is -1.02. The molecule has 0 aromatic heterocycles. The number of rotatable bonds is 3. The van der Waals surface area contributed by atoms with Crippen LogP contribution in [0.15, 0.2) is 18.2 Å². The summed E-state index contributed by atoms with van der Waals surface area (Å²) in [7, 11) is 0. The van der Waals surface area contributed by atoms with Gasteiger partial charge in [-0.2, -0.15) is 0 Å². The summed E-state index contributed by atoms with van der Waals surface area (Å²) in [6, 6.07) is 5.92. The lowest BCUT2D eigenvalue weighted by Gasteiger charge is -2.37. The molecule has 1 aromatic rings. The van der Waals surface area contributed by atoms with Crippen molar-refractivity contribution in [3.8, 4) is 0 Å². The van der Waals surface area contributed by atoms with Crippen LogP contribution in [0.3, 0.4) is 0 Å². The molecule has 1 heterocycles. The lowest BCUT2D eigenvalue weighted by Crippen LogP contribution is -2.54. The average molecular weight is 387 g/mol. The predicted octanol–water partition coefficient (Wildman–Crippen LogP) is 1.36. The number of nitrogens with one attached hydrogen (secondary N) is 1. The molecule has 6 heteroatoms. The van der Waals surface area contributed by atoms with Gasteiger partial charge in [-0.3, -0.25) is 4.79 Å². The Labute approximate surface area is 132 Å². The fourth-order valence-electron chi connectivity index (χ4n) is 2.39. The first-order valence-corrected chi connectivity index (χ1v) is 7.93. The lowest BCUT2D eigenvalue weighted by molar-refractivity contribution is -0.124. The number of amides is 1. The molecular formula is C14H18IN3O2. The van der Waals surface area contributed by atoms with E-state index in [2.05, 4.69) is 32.8 Å². The second-order valence-electron chi connectivity index (χ2n) is 5.28. The highest BCUT2D eigenvalue weighted by atomic mass is 127. The Balaban J connectivity index is 1.81. The maximum atomic E-state index is 12.4. The van der Waals surface area contributed by atoms with Gasteiger partial charge >= 0.3 is 0 Å². The summed E-state index contributed by atoms with van der Waals surface area (Å²) >= 11 is 2.27. The molecule has 1 aliphatic heterocycles. The van der Waals surface area contributed by atoms with Gasteiger partial charge in [0.1, 0.15) is 6.04 Å². The van der Waals surface area contributed by atoms with Crippen molar-refractivity contribution in [3.63, 3.8) is 0 Å². The summed E-state index contributed by atoms with van der Waals surface area (Å²) in [6.45, 7) is 1.81. The normalized spacial score (nSPS) is 22.6. The number of nitrogen functional groups attached to an aromatic ring is 1. The van der Waals surface area contributed by atoms with Gasteiger partial charge in [-0.05, 0) is 53.6 Å². The van der Waals surface area contributed by atoms with Crippen LogP contribution in [0.1, 0.15) is 12.8 Å². The van der Waals surface area contributed by atoms with Gasteiger partial charge in [-0.15, -0.1) is 0 Å². The maximum absolute atomic E-state index is 12.4. The van der Waals surface area contributed by atoms with Crippen LogP contribution in [0.2, 0.25) is 0 Å². The first-order valence-electron chi connectivity index (χ1n) is 6.85. The molecule has 1 unspecified atom stereocenters. The smallest absolute Gasteiger partial charge is 0.245 e. The fourth-order valence-corrected chi connectivity index (χ4v) is 3.24. The summed E-state index contributed by atoms with van der Waals surface area (Å²) in [5.41, 5.74) is 7.59. The number of anilines is 2. The molecule has 1 amide bonds. The summed E-state index contributed by atoms with van der Waals surface area (Å²) in [4.78, 5) is 14.5. The third-order valence-corrected chi connectivity index (χ3v) is 4.50. The zero-order chi connectivity index (χ0) is 14.1. The van der Waals surface area contributed by atoms with Crippen LogP contribution in [0.25, 0.3) is 0 Å². The van der Waals surface area contributed by atoms with Gasteiger partial charge in [0, 0.05) is 21.8 Å². The second-order valence-corrected chi connectivity index (χ2v) is 6.44. The van der Waals surface area contributed by atoms with Gasteiger partial charge in [0.15, 0.2) is 0 Å². The van der Waals surface area contributed by atoms with E-state index in [1.54, 1.807) is 0 Å². The Kier molecular flexibility index (Phi) is 4.02. The minimum absolute atomic E-state index is 0.0693. The second kappa shape index (κ2) is 5.77. The number of nitrogens with two attached hydrogens (primary N) is 1. The van der Waals surface area contributed by atoms with Gasteiger partial charge in [-0.25, -0.2) is 0 Å². The molecule has 0 radical (unpaired) electrons. The predicted molar refractivity (Wildman–Crippen MR) is 86.7 cm³/mol. The SMILES string of the molecule is Nc1ccc(N2CCOCC2C(=O)NC2CC2)c(I)c1. The van der Waals surface area contributed by atoms with Crippen molar-refractivity contribution in [2.75, 3.05) is 30.4 Å². The molecule has 0 spiro atoms. The Bertz CT molecular complexity index is 519. The van der Waals surface area contributed by atoms with E-state index in [4.69, 9.17) is 10.5 Å². The molecular weight excluding hydrogens is 369 g/mol. The molecule has 2 fully saturated rings. The van der Waals surface area contributed by atoms with Crippen LogP contribution >= 0.6 is 22.6 Å². The monoisotopic (exact) mass is 387 g/mol. The zero-order valence-electron chi connectivity index (χ0n) is 11.1. The number of benzene rings is 1. The van der Waals surface area contributed by atoms with E-state index >= 15 is 0 Å². The summed E-state index contributed by atoms with van der Waals surface area (Å²) in [5.74, 6) is 0.0693. The zero-order valence-corrected chi connectivity index (χ0v) is 13.3. The molecule has 20 heavy (non-hydrogen) atoms. The van der Waals surface area contributed by atoms with Crippen molar-refractivity contribution in [2.24, 2.45) is 0 Å². The van der Waals surface area contributed by atoms with E-state index in [1.807, 2.05) is 18.2 Å². The molecule has 5 nitrogen and oxygen atoms in total. The fraction of sp³-hybridized carbons (Fsp3) is 0.500. The van der Waals surface area contributed by atoms with Gasteiger partial charge in [-0.1, -0.05) is 0 Å².